The lowest BCUT2D eigenvalue weighted by Crippen LogP contribution is -1.99. The van der Waals surface area contributed by atoms with Crippen molar-refractivity contribution in [2.75, 3.05) is 0 Å². The van der Waals surface area contributed by atoms with Gasteiger partial charge in [0.25, 0.3) is 0 Å². The third kappa shape index (κ3) is 5.35. The van der Waals surface area contributed by atoms with E-state index in [2.05, 4.69) is 217 Å². The quantitative estimate of drug-likeness (QED) is 0.154. The van der Waals surface area contributed by atoms with Gasteiger partial charge >= 0.3 is 0 Å². The molecule has 0 saturated heterocycles. The fourth-order valence-electron chi connectivity index (χ4n) is 8.29. The highest BCUT2D eigenvalue weighted by Gasteiger charge is 2.15. The number of aryl methyl sites for hydroxylation is 2. The summed E-state index contributed by atoms with van der Waals surface area (Å²) in [5.41, 5.74) is 17.1. The Hall–Kier alpha value is -6.90. The molecular formula is C52H38N2. The Bertz CT molecular complexity index is 2920. The van der Waals surface area contributed by atoms with Gasteiger partial charge in [-0.3, -0.25) is 0 Å². The molecule has 0 bridgehead atoms. The van der Waals surface area contributed by atoms with Crippen molar-refractivity contribution in [1.29, 1.82) is 0 Å². The summed E-state index contributed by atoms with van der Waals surface area (Å²) in [5.74, 6) is 0. The number of benzene rings is 8. The molecule has 0 aliphatic rings. The van der Waals surface area contributed by atoms with Crippen LogP contribution in [0.5, 0.6) is 0 Å². The number of fused-ring (bicyclic) bond motifs is 6. The maximum Gasteiger partial charge on any atom is 0.0541 e. The van der Waals surface area contributed by atoms with Gasteiger partial charge in [0.05, 0.1) is 22.1 Å². The van der Waals surface area contributed by atoms with E-state index >= 15 is 0 Å². The molecule has 0 aliphatic carbocycles. The van der Waals surface area contributed by atoms with Crippen LogP contribution in [0.3, 0.4) is 0 Å². The van der Waals surface area contributed by atoms with E-state index in [0.717, 1.165) is 0 Å². The van der Waals surface area contributed by atoms with E-state index in [1.54, 1.807) is 0 Å². The molecule has 54 heavy (non-hydrogen) atoms. The zero-order chi connectivity index (χ0) is 36.2. The Labute approximate surface area is 315 Å². The minimum absolute atomic E-state index is 1.17. The van der Waals surface area contributed by atoms with E-state index in [1.165, 1.54) is 99.5 Å². The second-order valence-corrected chi connectivity index (χ2v) is 14.3. The van der Waals surface area contributed by atoms with Gasteiger partial charge in [-0.25, -0.2) is 0 Å². The predicted molar refractivity (Wildman–Crippen MR) is 231 cm³/mol. The largest absolute Gasteiger partial charge is 0.309 e. The smallest absolute Gasteiger partial charge is 0.0541 e. The number of aromatic nitrogens is 2. The number of rotatable bonds is 6. The summed E-state index contributed by atoms with van der Waals surface area (Å²) in [6, 6.07) is 66.1. The fourth-order valence-corrected chi connectivity index (χ4v) is 8.29. The first-order chi connectivity index (χ1) is 26.6. The van der Waals surface area contributed by atoms with Crippen molar-refractivity contribution in [3.05, 3.63) is 204 Å². The van der Waals surface area contributed by atoms with Crippen molar-refractivity contribution < 1.29 is 0 Å². The van der Waals surface area contributed by atoms with Crippen molar-refractivity contribution in [3.8, 4) is 33.6 Å². The van der Waals surface area contributed by atoms with Crippen LogP contribution in [0.4, 0.5) is 0 Å². The molecule has 0 saturated carbocycles. The minimum Gasteiger partial charge on any atom is -0.309 e. The summed E-state index contributed by atoms with van der Waals surface area (Å²) in [4.78, 5) is 0. The van der Waals surface area contributed by atoms with Crippen molar-refractivity contribution in [2.45, 2.75) is 13.8 Å². The van der Waals surface area contributed by atoms with Crippen LogP contribution in [-0.2, 0) is 0 Å². The van der Waals surface area contributed by atoms with Crippen molar-refractivity contribution in [2.24, 2.45) is 0 Å². The van der Waals surface area contributed by atoms with Crippen LogP contribution in [0.2, 0.25) is 0 Å². The van der Waals surface area contributed by atoms with Crippen LogP contribution >= 0.6 is 0 Å². The van der Waals surface area contributed by atoms with Gasteiger partial charge in [-0.1, -0.05) is 146 Å². The van der Waals surface area contributed by atoms with E-state index in [9.17, 15) is 0 Å². The molecule has 0 fully saturated rings. The van der Waals surface area contributed by atoms with Crippen LogP contribution in [0.1, 0.15) is 22.3 Å². The summed E-state index contributed by atoms with van der Waals surface area (Å²) in [5, 5.41) is 5.14. The number of para-hydroxylation sites is 4. The maximum absolute atomic E-state index is 2.42. The Balaban J connectivity index is 0.869. The Kier molecular flexibility index (Phi) is 7.63. The summed E-state index contributed by atoms with van der Waals surface area (Å²) < 4.78 is 4.78. The summed E-state index contributed by atoms with van der Waals surface area (Å²) in [6.07, 6.45) is 4.39. The third-order valence-electron chi connectivity index (χ3n) is 11.0. The number of hydrogen-bond donors (Lipinski definition) is 0. The Morgan fingerprint density at radius 3 is 1.20 bits per heavy atom. The second-order valence-electron chi connectivity index (χ2n) is 14.3. The lowest BCUT2D eigenvalue weighted by molar-refractivity contribution is 1.14. The zero-order valence-corrected chi connectivity index (χ0v) is 30.4. The van der Waals surface area contributed by atoms with Gasteiger partial charge in [-0.2, -0.15) is 0 Å². The first-order valence-corrected chi connectivity index (χ1v) is 18.7. The van der Waals surface area contributed by atoms with Gasteiger partial charge in [0.1, 0.15) is 0 Å². The van der Waals surface area contributed by atoms with Crippen LogP contribution in [-0.4, -0.2) is 9.13 Å². The minimum atomic E-state index is 1.17. The normalized spacial score (nSPS) is 11.8. The molecule has 10 aromatic rings. The van der Waals surface area contributed by atoms with Gasteiger partial charge in [0.2, 0.25) is 0 Å². The fraction of sp³-hybridized carbons (Fsp3) is 0.0385. The van der Waals surface area contributed by atoms with E-state index in [1.807, 2.05) is 0 Å². The standard InChI is InChI=1S/C52H38N2/c1-35-34-52(54-50-17-9-5-13-45(50)46-14-6-10-18-51(46)54)36(2)33-47(35)41-27-23-38(24-28-41)20-19-37-21-25-39(26-22-37)40-29-31-42(32-30-40)53-48-15-7-3-11-43(48)44-12-4-8-16-49(44)53/h3-34H,1-2H3. The Morgan fingerprint density at radius 2 is 0.741 bits per heavy atom. The highest BCUT2D eigenvalue weighted by atomic mass is 15.0. The van der Waals surface area contributed by atoms with Crippen LogP contribution < -0.4 is 0 Å². The monoisotopic (exact) mass is 690 g/mol. The first kappa shape index (κ1) is 31.8. The molecule has 256 valence electrons. The number of nitrogens with zero attached hydrogens (tertiary/aromatic N) is 2. The highest BCUT2D eigenvalue weighted by Crippen LogP contribution is 2.36. The van der Waals surface area contributed by atoms with E-state index in [0.29, 0.717) is 0 Å². The average Bonchev–Trinajstić information content (AvgIpc) is 3.74. The lowest BCUT2D eigenvalue weighted by atomic mass is 9.96. The molecule has 0 N–H and O–H groups in total. The summed E-state index contributed by atoms with van der Waals surface area (Å²) in [6.45, 7) is 4.45. The van der Waals surface area contributed by atoms with Gasteiger partial charge in [-0.15, -0.1) is 0 Å². The van der Waals surface area contributed by atoms with Gasteiger partial charge < -0.3 is 9.13 Å². The molecule has 0 unspecified atom stereocenters. The molecule has 8 aromatic carbocycles. The summed E-state index contributed by atoms with van der Waals surface area (Å²) >= 11 is 0. The van der Waals surface area contributed by atoms with Crippen LogP contribution in [0.25, 0.3) is 89.4 Å². The van der Waals surface area contributed by atoms with Crippen molar-refractivity contribution in [1.82, 2.24) is 9.13 Å². The number of hydrogen-bond acceptors (Lipinski definition) is 0. The van der Waals surface area contributed by atoms with Crippen molar-refractivity contribution in [3.63, 3.8) is 0 Å². The molecule has 2 aromatic heterocycles. The molecule has 0 radical (unpaired) electrons. The van der Waals surface area contributed by atoms with E-state index in [4.69, 9.17) is 0 Å². The maximum atomic E-state index is 2.42. The predicted octanol–water partition coefficient (Wildman–Crippen LogP) is 14.0. The van der Waals surface area contributed by atoms with Crippen molar-refractivity contribution >= 4 is 55.8 Å². The Morgan fingerprint density at radius 1 is 0.352 bits per heavy atom. The average molecular weight is 691 g/mol. The molecule has 2 heteroatoms. The molecule has 0 aliphatic heterocycles. The lowest BCUT2D eigenvalue weighted by Gasteiger charge is -2.16. The molecule has 0 atom stereocenters. The van der Waals surface area contributed by atoms with Gasteiger partial charge in [-0.05, 0) is 107 Å². The first-order valence-electron chi connectivity index (χ1n) is 18.7. The molecule has 0 spiro atoms. The SMILES string of the molecule is Cc1cc(-n2c3ccccc3c3ccccc32)c(C)cc1-c1ccc(C=Cc2ccc(-c3ccc(-n4c5ccccc5c5ccccc54)cc3)cc2)cc1. The van der Waals surface area contributed by atoms with E-state index < -0.39 is 0 Å². The molecule has 10 rings (SSSR count). The highest BCUT2D eigenvalue weighted by molar-refractivity contribution is 6.10. The van der Waals surface area contributed by atoms with Crippen LogP contribution in [0.15, 0.2) is 182 Å². The van der Waals surface area contributed by atoms with Crippen LogP contribution in [0, 0.1) is 13.8 Å². The summed E-state index contributed by atoms with van der Waals surface area (Å²) in [7, 11) is 0. The van der Waals surface area contributed by atoms with E-state index in [-0.39, 0.29) is 0 Å². The second kappa shape index (κ2) is 12.9. The molecule has 2 heterocycles. The molecular weight excluding hydrogens is 653 g/mol. The third-order valence-corrected chi connectivity index (χ3v) is 11.0. The molecule has 0 amide bonds. The molecule has 2 nitrogen and oxygen atoms in total. The van der Waals surface area contributed by atoms with Gasteiger partial charge in [0.15, 0.2) is 0 Å². The topological polar surface area (TPSA) is 9.86 Å². The zero-order valence-electron chi connectivity index (χ0n) is 30.4. The van der Waals surface area contributed by atoms with Gasteiger partial charge in [0, 0.05) is 32.9 Å².